The number of hydrogen-bond acceptors (Lipinski definition) is 4. The van der Waals surface area contributed by atoms with Crippen LogP contribution in [0.4, 0.5) is 10.5 Å². The molecule has 0 spiro atoms. The average Bonchev–Trinajstić information content (AvgIpc) is 3.28. The van der Waals surface area contributed by atoms with Crippen LogP contribution in [0.3, 0.4) is 0 Å². The van der Waals surface area contributed by atoms with Gasteiger partial charge in [-0.2, -0.15) is 0 Å². The Balaban J connectivity index is 1.48. The minimum absolute atomic E-state index is 0.195. The average molecular weight is 484 g/mol. The minimum atomic E-state index is -0.283. The van der Waals surface area contributed by atoms with Crippen LogP contribution in [0.1, 0.15) is 23.7 Å². The van der Waals surface area contributed by atoms with Crippen LogP contribution in [0.5, 0.6) is 23.0 Å². The summed E-state index contributed by atoms with van der Waals surface area (Å²) in [6, 6.07) is 26.6. The van der Waals surface area contributed by atoms with Gasteiger partial charge in [0.05, 0.1) is 20.3 Å². The number of ether oxygens (including phenoxy) is 3. The maximum atomic E-state index is 13.7. The third-order valence-electron chi connectivity index (χ3n) is 6.27. The maximum Gasteiger partial charge on any atom is 0.322 e. The Labute approximate surface area is 210 Å². The molecular weight excluding hydrogens is 454 g/mol. The first-order valence-electron chi connectivity index (χ1n) is 11.9. The number of aryl methyl sites for hydroxylation is 1. The number of methoxy groups -OCH3 is 2. The highest BCUT2D eigenvalue weighted by atomic mass is 16.5. The molecule has 3 aromatic carbocycles. The number of carbonyl (C=O) groups excluding carboxylic acids is 1. The van der Waals surface area contributed by atoms with Crippen LogP contribution in [-0.2, 0) is 6.54 Å². The Morgan fingerprint density at radius 1 is 0.806 bits per heavy atom. The van der Waals surface area contributed by atoms with Gasteiger partial charge in [0.2, 0.25) is 0 Å². The molecule has 4 aromatic rings. The predicted octanol–water partition coefficient (Wildman–Crippen LogP) is 6.32. The summed E-state index contributed by atoms with van der Waals surface area (Å²) in [6.07, 6.45) is 2.91. The molecule has 7 nitrogen and oxygen atoms in total. The summed E-state index contributed by atoms with van der Waals surface area (Å²) in [7, 11) is 3.17. The van der Waals surface area contributed by atoms with Crippen molar-refractivity contribution in [3.63, 3.8) is 0 Å². The van der Waals surface area contributed by atoms with Gasteiger partial charge in [0.1, 0.15) is 23.0 Å². The van der Waals surface area contributed by atoms with Gasteiger partial charge in [-0.25, -0.2) is 4.79 Å². The van der Waals surface area contributed by atoms with Crippen molar-refractivity contribution >= 4 is 11.7 Å². The molecule has 5 rings (SSSR count). The van der Waals surface area contributed by atoms with Gasteiger partial charge < -0.3 is 29.0 Å². The minimum Gasteiger partial charge on any atom is -0.497 e. The molecule has 2 amide bonds. The molecule has 0 saturated heterocycles. The van der Waals surface area contributed by atoms with Gasteiger partial charge in [-0.1, -0.05) is 30.3 Å². The summed E-state index contributed by atoms with van der Waals surface area (Å²) in [5.41, 5.74) is 2.64. The molecular formula is C29H29N3O4. The molecule has 0 fully saturated rings. The number of hydrogen-bond donors (Lipinski definition) is 1. The van der Waals surface area contributed by atoms with E-state index in [4.69, 9.17) is 14.2 Å². The zero-order valence-corrected chi connectivity index (χ0v) is 20.4. The van der Waals surface area contributed by atoms with E-state index in [2.05, 4.69) is 22.1 Å². The number of nitrogens with zero attached hydrogens (tertiary/aromatic N) is 2. The first kappa shape index (κ1) is 23.4. The Hall–Kier alpha value is -4.39. The molecule has 36 heavy (non-hydrogen) atoms. The number of urea groups is 1. The highest BCUT2D eigenvalue weighted by molar-refractivity contribution is 5.90. The lowest BCUT2D eigenvalue weighted by Gasteiger charge is -2.31. The molecule has 1 aliphatic heterocycles. The summed E-state index contributed by atoms with van der Waals surface area (Å²) in [6.45, 7) is 1.44. The van der Waals surface area contributed by atoms with Crippen LogP contribution in [-0.4, -0.2) is 36.3 Å². The Morgan fingerprint density at radius 2 is 1.56 bits per heavy atom. The lowest BCUT2D eigenvalue weighted by Crippen LogP contribution is -2.38. The molecule has 7 heteroatoms. The van der Waals surface area contributed by atoms with Crippen molar-refractivity contribution < 1.29 is 19.0 Å². The van der Waals surface area contributed by atoms with Crippen molar-refractivity contribution in [3.8, 4) is 23.0 Å². The molecule has 0 saturated carbocycles. The largest absolute Gasteiger partial charge is 0.497 e. The number of carbonyl (C=O) groups is 1. The smallest absolute Gasteiger partial charge is 0.322 e. The fraction of sp³-hybridized carbons (Fsp3) is 0.207. The van der Waals surface area contributed by atoms with Crippen LogP contribution >= 0.6 is 0 Å². The zero-order chi connectivity index (χ0) is 24.9. The fourth-order valence-corrected chi connectivity index (χ4v) is 4.60. The van der Waals surface area contributed by atoms with Crippen molar-refractivity contribution in [2.24, 2.45) is 0 Å². The Bertz CT molecular complexity index is 1310. The molecule has 1 N–H and O–H groups in total. The highest BCUT2D eigenvalue weighted by Crippen LogP contribution is 2.35. The molecule has 0 aliphatic carbocycles. The summed E-state index contributed by atoms with van der Waals surface area (Å²) < 4.78 is 19.1. The molecule has 0 bridgehead atoms. The summed E-state index contributed by atoms with van der Waals surface area (Å²) in [4.78, 5) is 15.6. The van der Waals surface area contributed by atoms with Crippen molar-refractivity contribution in [2.45, 2.75) is 19.0 Å². The van der Waals surface area contributed by atoms with Crippen molar-refractivity contribution in [2.75, 3.05) is 26.1 Å². The SMILES string of the molecule is COc1cc(NC(=O)N2CCCn3cccc3C2c2cccc(Oc3ccccc3)c2)cc(OC)c1. The number of aromatic nitrogens is 1. The summed E-state index contributed by atoms with van der Waals surface area (Å²) >= 11 is 0. The topological polar surface area (TPSA) is 65.0 Å². The van der Waals surface area contributed by atoms with Crippen LogP contribution < -0.4 is 19.5 Å². The van der Waals surface area contributed by atoms with E-state index in [1.54, 1.807) is 32.4 Å². The lowest BCUT2D eigenvalue weighted by molar-refractivity contribution is 0.199. The number of rotatable bonds is 6. The molecule has 1 atom stereocenters. The van der Waals surface area contributed by atoms with Crippen molar-refractivity contribution in [3.05, 3.63) is 102 Å². The normalized spacial score (nSPS) is 14.9. The second-order valence-electron chi connectivity index (χ2n) is 8.60. The van der Waals surface area contributed by atoms with Crippen molar-refractivity contribution in [1.29, 1.82) is 0 Å². The maximum absolute atomic E-state index is 13.7. The molecule has 1 aliphatic rings. The second kappa shape index (κ2) is 10.5. The van der Waals surface area contributed by atoms with Gasteiger partial charge in [-0.05, 0) is 48.4 Å². The van der Waals surface area contributed by atoms with Crippen molar-refractivity contribution in [1.82, 2.24) is 9.47 Å². The fourth-order valence-electron chi connectivity index (χ4n) is 4.60. The number of anilines is 1. The molecule has 2 heterocycles. The molecule has 184 valence electrons. The molecule has 1 aromatic heterocycles. The third-order valence-corrected chi connectivity index (χ3v) is 6.27. The van der Waals surface area contributed by atoms with Gasteiger partial charge in [0.15, 0.2) is 0 Å². The summed E-state index contributed by atoms with van der Waals surface area (Å²) in [5, 5.41) is 3.05. The highest BCUT2D eigenvalue weighted by Gasteiger charge is 2.31. The standard InChI is InChI=1S/C29H29N3O4/c1-34-25-18-22(19-26(20-25)35-2)30-29(33)32-16-8-15-31-14-7-13-27(31)28(32)21-9-6-12-24(17-21)36-23-10-4-3-5-11-23/h3-7,9-14,17-20,28H,8,15-16H2,1-2H3,(H,30,33). The third kappa shape index (κ3) is 5.00. The Morgan fingerprint density at radius 3 is 2.31 bits per heavy atom. The Kier molecular flexibility index (Phi) is 6.80. The number of benzene rings is 3. The van der Waals surface area contributed by atoms with Gasteiger partial charge in [-0.15, -0.1) is 0 Å². The van der Waals surface area contributed by atoms with Gasteiger partial charge in [0.25, 0.3) is 0 Å². The van der Waals surface area contributed by atoms with Crippen LogP contribution in [0.25, 0.3) is 0 Å². The zero-order valence-electron chi connectivity index (χ0n) is 20.4. The van der Waals surface area contributed by atoms with Gasteiger partial charge in [0, 0.05) is 48.9 Å². The second-order valence-corrected chi connectivity index (χ2v) is 8.60. The van der Waals surface area contributed by atoms with E-state index in [0.717, 1.165) is 35.7 Å². The van der Waals surface area contributed by atoms with Crippen LogP contribution in [0.15, 0.2) is 91.1 Å². The van der Waals surface area contributed by atoms with Gasteiger partial charge >= 0.3 is 6.03 Å². The summed E-state index contributed by atoms with van der Waals surface area (Å²) in [5.74, 6) is 2.70. The van der Waals surface area contributed by atoms with E-state index in [0.29, 0.717) is 23.7 Å². The molecule has 0 radical (unpaired) electrons. The van der Waals surface area contributed by atoms with E-state index in [1.807, 2.05) is 65.6 Å². The van der Waals surface area contributed by atoms with Crippen LogP contribution in [0, 0.1) is 0 Å². The first-order valence-corrected chi connectivity index (χ1v) is 11.9. The van der Waals surface area contributed by atoms with E-state index >= 15 is 0 Å². The van der Waals surface area contributed by atoms with E-state index in [9.17, 15) is 4.79 Å². The van der Waals surface area contributed by atoms with Gasteiger partial charge in [-0.3, -0.25) is 0 Å². The number of amides is 2. The van der Waals surface area contributed by atoms with E-state index in [-0.39, 0.29) is 12.1 Å². The first-order chi connectivity index (χ1) is 17.6. The van der Waals surface area contributed by atoms with E-state index < -0.39 is 0 Å². The monoisotopic (exact) mass is 483 g/mol. The number of fused-ring (bicyclic) bond motifs is 1. The quantitative estimate of drug-likeness (QED) is 0.348. The predicted molar refractivity (Wildman–Crippen MR) is 139 cm³/mol. The number of para-hydroxylation sites is 1. The molecule has 1 unspecified atom stereocenters. The number of nitrogens with one attached hydrogen (secondary N) is 1. The van der Waals surface area contributed by atoms with E-state index in [1.165, 1.54) is 0 Å². The lowest BCUT2D eigenvalue weighted by atomic mass is 10.0. The van der Waals surface area contributed by atoms with Crippen LogP contribution in [0.2, 0.25) is 0 Å².